The highest BCUT2D eigenvalue weighted by Crippen LogP contribution is 2.45. The molecular formula is C22H24N4OS2. The van der Waals surface area contributed by atoms with Crippen molar-refractivity contribution in [3.63, 3.8) is 0 Å². The van der Waals surface area contributed by atoms with Gasteiger partial charge in [-0.1, -0.05) is 18.6 Å². The number of anilines is 1. The average Bonchev–Trinajstić information content (AvgIpc) is 3.30. The SMILES string of the molecule is Cc1cc(C(=O)Nc2cccc(C3SCCS3)c2)c2nc3n(c2n1)CCCCC3. The Labute approximate surface area is 179 Å². The molecule has 1 aromatic carbocycles. The van der Waals surface area contributed by atoms with Gasteiger partial charge in [0.05, 0.1) is 10.1 Å². The fourth-order valence-electron chi connectivity index (χ4n) is 4.10. The number of thioether (sulfide) groups is 2. The van der Waals surface area contributed by atoms with Crippen molar-refractivity contribution in [1.29, 1.82) is 0 Å². The number of hydrogen-bond donors (Lipinski definition) is 1. The smallest absolute Gasteiger partial charge is 0.258 e. The topological polar surface area (TPSA) is 59.8 Å². The summed E-state index contributed by atoms with van der Waals surface area (Å²) in [6, 6.07) is 10.1. The number of carbonyl (C=O) groups excluding carboxylic acids is 1. The van der Waals surface area contributed by atoms with Crippen molar-refractivity contribution in [2.45, 2.75) is 43.7 Å². The maximum Gasteiger partial charge on any atom is 0.258 e. The first-order valence-electron chi connectivity index (χ1n) is 10.2. The molecule has 2 aliphatic rings. The van der Waals surface area contributed by atoms with Crippen LogP contribution < -0.4 is 5.32 Å². The fraction of sp³-hybridized carbons (Fsp3) is 0.409. The minimum absolute atomic E-state index is 0.113. The molecule has 3 aromatic rings. The summed E-state index contributed by atoms with van der Waals surface area (Å²) in [4.78, 5) is 22.7. The van der Waals surface area contributed by atoms with Gasteiger partial charge in [0.15, 0.2) is 5.65 Å². The Bertz CT molecular complexity index is 1070. The van der Waals surface area contributed by atoms with Crippen LogP contribution in [0.4, 0.5) is 5.69 Å². The summed E-state index contributed by atoms with van der Waals surface area (Å²) >= 11 is 3.94. The van der Waals surface area contributed by atoms with E-state index in [4.69, 9.17) is 9.97 Å². The number of imidazole rings is 1. The summed E-state index contributed by atoms with van der Waals surface area (Å²) in [6.07, 6.45) is 4.46. The van der Waals surface area contributed by atoms with E-state index in [0.717, 1.165) is 54.2 Å². The largest absolute Gasteiger partial charge is 0.322 e. The van der Waals surface area contributed by atoms with Gasteiger partial charge in [0.2, 0.25) is 0 Å². The van der Waals surface area contributed by atoms with Crippen LogP contribution in [0, 0.1) is 6.92 Å². The van der Waals surface area contributed by atoms with E-state index >= 15 is 0 Å². The molecule has 5 nitrogen and oxygen atoms in total. The molecule has 4 heterocycles. The van der Waals surface area contributed by atoms with E-state index in [2.05, 4.69) is 22.0 Å². The van der Waals surface area contributed by atoms with E-state index < -0.39 is 0 Å². The van der Waals surface area contributed by atoms with Gasteiger partial charge in [-0.2, -0.15) is 0 Å². The van der Waals surface area contributed by atoms with Gasteiger partial charge in [0.25, 0.3) is 5.91 Å². The van der Waals surface area contributed by atoms with Crippen molar-refractivity contribution in [2.75, 3.05) is 16.8 Å². The number of aromatic nitrogens is 3. The van der Waals surface area contributed by atoms with Crippen LogP contribution in [0.5, 0.6) is 0 Å². The second kappa shape index (κ2) is 8.03. The molecule has 0 unspecified atom stereocenters. The van der Waals surface area contributed by atoms with Crippen LogP contribution in [0.1, 0.15) is 51.3 Å². The molecule has 0 spiro atoms. The molecule has 1 amide bonds. The second-order valence-corrected chi connectivity index (χ2v) is 10.4. The van der Waals surface area contributed by atoms with Crippen LogP contribution in [-0.4, -0.2) is 31.9 Å². The van der Waals surface area contributed by atoms with Gasteiger partial charge in [-0.3, -0.25) is 4.79 Å². The van der Waals surface area contributed by atoms with Crippen molar-refractivity contribution in [2.24, 2.45) is 0 Å². The minimum atomic E-state index is -0.113. The zero-order valence-electron chi connectivity index (χ0n) is 16.5. The Hall–Kier alpha value is -1.99. The molecule has 5 rings (SSSR count). The molecule has 0 radical (unpaired) electrons. The first kappa shape index (κ1) is 19.0. The molecule has 150 valence electrons. The lowest BCUT2D eigenvalue weighted by molar-refractivity contribution is 0.102. The number of nitrogens with zero attached hydrogens (tertiary/aromatic N) is 3. The third kappa shape index (κ3) is 3.78. The molecule has 1 fully saturated rings. The highest BCUT2D eigenvalue weighted by Gasteiger charge is 2.22. The van der Waals surface area contributed by atoms with Gasteiger partial charge >= 0.3 is 0 Å². The summed E-state index contributed by atoms with van der Waals surface area (Å²) in [5.74, 6) is 3.32. The van der Waals surface area contributed by atoms with Crippen LogP contribution in [-0.2, 0) is 13.0 Å². The van der Waals surface area contributed by atoms with Gasteiger partial charge in [-0.25, -0.2) is 9.97 Å². The molecular weight excluding hydrogens is 400 g/mol. The molecule has 0 atom stereocenters. The summed E-state index contributed by atoms with van der Waals surface area (Å²) in [5.41, 5.74) is 5.14. The highest BCUT2D eigenvalue weighted by molar-refractivity contribution is 8.19. The van der Waals surface area contributed by atoms with Gasteiger partial charge < -0.3 is 9.88 Å². The van der Waals surface area contributed by atoms with E-state index in [1.165, 1.54) is 23.5 Å². The molecule has 7 heteroatoms. The lowest BCUT2D eigenvalue weighted by Crippen LogP contribution is -2.13. The molecule has 0 saturated carbocycles. The number of pyridine rings is 1. The molecule has 2 aromatic heterocycles. The summed E-state index contributed by atoms with van der Waals surface area (Å²) in [5, 5.41) is 3.10. The number of carbonyl (C=O) groups is 1. The number of nitrogens with one attached hydrogen (secondary N) is 1. The van der Waals surface area contributed by atoms with Crippen molar-refractivity contribution >= 4 is 46.3 Å². The normalized spacial score (nSPS) is 17.3. The van der Waals surface area contributed by atoms with Gasteiger partial charge in [-0.15, -0.1) is 23.5 Å². The van der Waals surface area contributed by atoms with Gasteiger partial charge in [0, 0.05) is 35.9 Å². The molecule has 0 bridgehead atoms. The van der Waals surface area contributed by atoms with Crippen molar-refractivity contribution in [3.05, 3.63) is 53.0 Å². The van der Waals surface area contributed by atoms with E-state index in [0.29, 0.717) is 10.1 Å². The zero-order valence-corrected chi connectivity index (χ0v) is 18.1. The van der Waals surface area contributed by atoms with E-state index in [1.54, 1.807) is 0 Å². The monoisotopic (exact) mass is 424 g/mol. The van der Waals surface area contributed by atoms with Gasteiger partial charge in [0.1, 0.15) is 11.3 Å². The molecule has 29 heavy (non-hydrogen) atoms. The number of aryl methyl sites for hydroxylation is 3. The number of benzene rings is 1. The molecule has 1 saturated heterocycles. The molecule has 1 N–H and O–H groups in total. The number of amides is 1. The first-order valence-corrected chi connectivity index (χ1v) is 12.3. The third-order valence-electron chi connectivity index (χ3n) is 5.48. The third-order valence-corrected chi connectivity index (χ3v) is 8.58. The van der Waals surface area contributed by atoms with Crippen molar-refractivity contribution < 1.29 is 4.79 Å². The number of fused-ring (bicyclic) bond motifs is 3. The number of rotatable bonds is 3. The van der Waals surface area contributed by atoms with Crippen molar-refractivity contribution in [3.8, 4) is 0 Å². The second-order valence-electron chi connectivity index (χ2n) is 7.63. The van der Waals surface area contributed by atoms with Crippen molar-refractivity contribution in [1.82, 2.24) is 14.5 Å². The first-order chi connectivity index (χ1) is 14.2. The van der Waals surface area contributed by atoms with Crippen LogP contribution >= 0.6 is 23.5 Å². The maximum atomic E-state index is 13.2. The lowest BCUT2D eigenvalue weighted by Gasteiger charge is -2.12. The lowest BCUT2D eigenvalue weighted by atomic mass is 10.1. The summed E-state index contributed by atoms with van der Waals surface area (Å²) in [7, 11) is 0. The van der Waals surface area contributed by atoms with Crippen LogP contribution in [0.25, 0.3) is 11.2 Å². The maximum absolute atomic E-state index is 13.2. The summed E-state index contributed by atoms with van der Waals surface area (Å²) < 4.78 is 2.67. The quantitative estimate of drug-likeness (QED) is 0.626. The molecule has 0 aliphatic carbocycles. The predicted octanol–water partition coefficient (Wildman–Crippen LogP) is 5.20. The Balaban J connectivity index is 1.47. The Morgan fingerprint density at radius 1 is 1.14 bits per heavy atom. The molecule has 2 aliphatic heterocycles. The van der Waals surface area contributed by atoms with Crippen LogP contribution in [0.2, 0.25) is 0 Å². The Kier molecular flexibility index (Phi) is 5.26. The Morgan fingerprint density at radius 3 is 2.86 bits per heavy atom. The highest BCUT2D eigenvalue weighted by atomic mass is 32.2. The predicted molar refractivity (Wildman–Crippen MR) is 122 cm³/mol. The minimum Gasteiger partial charge on any atom is -0.322 e. The Morgan fingerprint density at radius 2 is 2.00 bits per heavy atom. The summed E-state index contributed by atoms with van der Waals surface area (Å²) in [6.45, 7) is 2.88. The zero-order chi connectivity index (χ0) is 19.8. The van der Waals surface area contributed by atoms with Crippen LogP contribution in [0.3, 0.4) is 0 Å². The van der Waals surface area contributed by atoms with E-state index in [-0.39, 0.29) is 5.91 Å². The number of hydrogen-bond acceptors (Lipinski definition) is 5. The van der Waals surface area contributed by atoms with Crippen LogP contribution in [0.15, 0.2) is 30.3 Å². The fourth-order valence-corrected chi connectivity index (χ4v) is 6.94. The van der Waals surface area contributed by atoms with Gasteiger partial charge in [-0.05, 0) is 43.5 Å². The standard InChI is InChI=1S/C22H24N4OS2/c1-14-12-17(19-20(23-14)26-9-4-2-3-8-18(26)25-19)21(27)24-16-7-5-6-15(13-16)22-28-10-11-29-22/h5-7,12-13,22H,2-4,8-11H2,1H3,(H,24,27). The van der Waals surface area contributed by atoms with E-state index in [9.17, 15) is 4.79 Å². The average molecular weight is 425 g/mol. The van der Waals surface area contributed by atoms with E-state index in [1.807, 2.05) is 48.6 Å².